The van der Waals surface area contributed by atoms with Crippen LogP contribution in [0.4, 0.5) is 16.2 Å². The van der Waals surface area contributed by atoms with Gasteiger partial charge < -0.3 is 10.6 Å². The fourth-order valence-corrected chi connectivity index (χ4v) is 1.82. The highest BCUT2D eigenvalue weighted by molar-refractivity contribution is 5.98. The average molecular weight is 326 g/mol. The largest absolute Gasteiger partial charge is 0.337 e. The van der Waals surface area contributed by atoms with Gasteiger partial charge in [0.25, 0.3) is 5.91 Å². The molecule has 0 aliphatic rings. The molecule has 7 heteroatoms. The zero-order chi connectivity index (χ0) is 17.4. The molecule has 0 heterocycles. The molecule has 0 aliphatic carbocycles. The van der Waals surface area contributed by atoms with Gasteiger partial charge in [0.2, 0.25) is 5.91 Å². The Balaban J connectivity index is 1.83. The monoisotopic (exact) mass is 326 g/mol. The summed E-state index contributed by atoms with van der Waals surface area (Å²) in [6, 6.07) is 14.6. The number of rotatable bonds is 4. The number of amides is 4. The Morgan fingerprint density at radius 2 is 1.42 bits per heavy atom. The van der Waals surface area contributed by atoms with Gasteiger partial charge in [0.1, 0.15) is 0 Å². The van der Waals surface area contributed by atoms with E-state index in [0.29, 0.717) is 23.4 Å². The van der Waals surface area contributed by atoms with Crippen molar-refractivity contribution in [3.05, 3.63) is 60.2 Å². The van der Waals surface area contributed by atoms with Crippen molar-refractivity contribution in [2.45, 2.75) is 13.3 Å². The second-order valence-electron chi connectivity index (χ2n) is 4.88. The van der Waals surface area contributed by atoms with Crippen molar-refractivity contribution < 1.29 is 14.4 Å². The van der Waals surface area contributed by atoms with Crippen LogP contribution in [0, 0.1) is 0 Å². The third kappa shape index (κ3) is 5.13. The van der Waals surface area contributed by atoms with Gasteiger partial charge in [-0.25, -0.2) is 10.2 Å². The first-order valence-electron chi connectivity index (χ1n) is 7.41. The summed E-state index contributed by atoms with van der Waals surface area (Å²) in [5, 5.41) is 5.26. The van der Waals surface area contributed by atoms with E-state index in [4.69, 9.17) is 0 Å². The number of para-hydroxylation sites is 1. The number of carbonyl (C=O) groups is 3. The quantitative estimate of drug-likeness (QED) is 0.650. The Morgan fingerprint density at radius 3 is 2.04 bits per heavy atom. The molecule has 2 rings (SSSR count). The molecule has 0 saturated heterocycles. The number of hydrogen-bond acceptors (Lipinski definition) is 3. The number of nitrogens with one attached hydrogen (secondary N) is 4. The number of hydrogen-bond donors (Lipinski definition) is 4. The third-order valence-electron chi connectivity index (χ3n) is 3.07. The summed E-state index contributed by atoms with van der Waals surface area (Å²) in [7, 11) is 0. The predicted molar refractivity (Wildman–Crippen MR) is 91.4 cm³/mol. The van der Waals surface area contributed by atoms with Gasteiger partial charge >= 0.3 is 6.03 Å². The second kappa shape index (κ2) is 8.33. The summed E-state index contributed by atoms with van der Waals surface area (Å²) in [5.74, 6) is -0.571. The van der Waals surface area contributed by atoms with Crippen molar-refractivity contribution in [1.29, 1.82) is 0 Å². The number of anilines is 2. The highest BCUT2D eigenvalue weighted by atomic mass is 16.2. The maximum Gasteiger partial charge on any atom is 0.337 e. The van der Waals surface area contributed by atoms with Gasteiger partial charge in [0.05, 0.1) is 0 Å². The van der Waals surface area contributed by atoms with E-state index in [9.17, 15) is 14.4 Å². The van der Waals surface area contributed by atoms with Gasteiger partial charge in [0.15, 0.2) is 0 Å². The maximum atomic E-state index is 12.0. The lowest BCUT2D eigenvalue weighted by molar-refractivity contribution is -0.115. The summed E-state index contributed by atoms with van der Waals surface area (Å²) in [4.78, 5) is 34.9. The zero-order valence-electron chi connectivity index (χ0n) is 13.1. The Morgan fingerprint density at radius 1 is 0.792 bits per heavy atom. The highest BCUT2D eigenvalue weighted by Crippen LogP contribution is 2.09. The molecule has 124 valence electrons. The first-order valence-corrected chi connectivity index (χ1v) is 7.41. The molecule has 0 aromatic heterocycles. The summed E-state index contributed by atoms with van der Waals surface area (Å²) in [5.41, 5.74) is 6.14. The molecule has 24 heavy (non-hydrogen) atoms. The Hall–Kier alpha value is -3.35. The van der Waals surface area contributed by atoms with Gasteiger partial charge in [-0.1, -0.05) is 25.1 Å². The lowest BCUT2D eigenvalue weighted by Crippen LogP contribution is -2.43. The van der Waals surface area contributed by atoms with Crippen LogP contribution in [-0.2, 0) is 4.79 Å². The Kier molecular flexibility index (Phi) is 5.90. The highest BCUT2D eigenvalue weighted by Gasteiger charge is 2.08. The minimum absolute atomic E-state index is 0.105. The van der Waals surface area contributed by atoms with Gasteiger partial charge in [-0.3, -0.25) is 15.0 Å². The second-order valence-corrected chi connectivity index (χ2v) is 4.88. The van der Waals surface area contributed by atoms with E-state index in [2.05, 4.69) is 21.5 Å². The van der Waals surface area contributed by atoms with Gasteiger partial charge in [0, 0.05) is 23.4 Å². The lowest BCUT2D eigenvalue weighted by Gasteiger charge is -2.09. The van der Waals surface area contributed by atoms with Crippen molar-refractivity contribution in [3.8, 4) is 0 Å². The predicted octanol–water partition coefficient (Wildman–Crippen LogP) is 2.50. The van der Waals surface area contributed by atoms with Crippen LogP contribution in [0.1, 0.15) is 23.7 Å². The fraction of sp³-hybridized carbons (Fsp3) is 0.118. The van der Waals surface area contributed by atoms with Crippen LogP contribution in [0.15, 0.2) is 54.6 Å². The smallest absolute Gasteiger partial charge is 0.326 e. The molecule has 2 aromatic carbocycles. The molecule has 0 saturated carbocycles. The molecule has 0 spiro atoms. The molecule has 0 aliphatic heterocycles. The first kappa shape index (κ1) is 17.0. The molecule has 0 unspecified atom stereocenters. The molecule has 4 amide bonds. The minimum atomic E-state index is -0.554. The molecule has 0 radical (unpaired) electrons. The Labute approximate surface area is 139 Å². The summed E-state index contributed by atoms with van der Waals surface area (Å²) < 4.78 is 0. The SMILES string of the molecule is CCC(=O)Nc1ccc(C(=O)NNC(=O)Nc2ccccc2)cc1. The average Bonchev–Trinajstić information content (AvgIpc) is 2.61. The van der Waals surface area contributed by atoms with E-state index in [1.54, 1.807) is 55.5 Å². The van der Waals surface area contributed by atoms with E-state index < -0.39 is 11.9 Å². The summed E-state index contributed by atoms with van der Waals surface area (Å²) in [6.07, 6.45) is 0.378. The van der Waals surface area contributed by atoms with Crippen LogP contribution in [0.5, 0.6) is 0 Å². The molecular formula is C17H18N4O3. The lowest BCUT2D eigenvalue weighted by atomic mass is 10.2. The van der Waals surface area contributed by atoms with Crippen LogP contribution in [0.2, 0.25) is 0 Å². The molecule has 0 fully saturated rings. The van der Waals surface area contributed by atoms with Crippen LogP contribution >= 0.6 is 0 Å². The van der Waals surface area contributed by atoms with Crippen molar-refractivity contribution in [2.24, 2.45) is 0 Å². The fourth-order valence-electron chi connectivity index (χ4n) is 1.82. The minimum Gasteiger partial charge on any atom is -0.326 e. The summed E-state index contributed by atoms with van der Waals surface area (Å²) in [6.45, 7) is 1.75. The van der Waals surface area contributed by atoms with Crippen molar-refractivity contribution in [2.75, 3.05) is 10.6 Å². The number of hydrazine groups is 1. The topological polar surface area (TPSA) is 99.3 Å². The van der Waals surface area contributed by atoms with E-state index in [1.807, 2.05) is 6.07 Å². The van der Waals surface area contributed by atoms with Crippen LogP contribution in [-0.4, -0.2) is 17.8 Å². The molecule has 2 aromatic rings. The van der Waals surface area contributed by atoms with E-state index >= 15 is 0 Å². The molecule has 4 N–H and O–H groups in total. The van der Waals surface area contributed by atoms with Crippen LogP contribution in [0.3, 0.4) is 0 Å². The molecule has 0 atom stereocenters. The van der Waals surface area contributed by atoms with Crippen molar-refractivity contribution in [3.63, 3.8) is 0 Å². The number of benzene rings is 2. The summed E-state index contributed by atoms with van der Waals surface area (Å²) >= 11 is 0. The number of urea groups is 1. The number of carbonyl (C=O) groups excluding carboxylic acids is 3. The Bertz CT molecular complexity index is 714. The zero-order valence-corrected chi connectivity index (χ0v) is 13.1. The van der Waals surface area contributed by atoms with Crippen molar-refractivity contribution >= 4 is 29.2 Å². The first-order chi connectivity index (χ1) is 11.6. The third-order valence-corrected chi connectivity index (χ3v) is 3.07. The molecular weight excluding hydrogens is 308 g/mol. The van der Waals surface area contributed by atoms with Crippen LogP contribution < -0.4 is 21.5 Å². The van der Waals surface area contributed by atoms with E-state index in [0.717, 1.165) is 0 Å². The van der Waals surface area contributed by atoms with E-state index in [1.165, 1.54) is 0 Å². The van der Waals surface area contributed by atoms with E-state index in [-0.39, 0.29) is 5.91 Å². The normalized spacial score (nSPS) is 9.71. The van der Waals surface area contributed by atoms with Crippen LogP contribution in [0.25, 0.3) is 0 Å². The maximum absolute atomic E-state index is 12.0. The van der Waals surface area contributed by atoms with Crippen molar-refractivity contribution in [1.82, 2.24) is 10.9 Å². The molecule has 0 bridgehead atoms. The van der Waals surface area contributed by atoms with Gasteiger partial charge in [-0.2, -0.15) is 0 Å². The van der Waals surface area contributed by atoms with Gasteiger partial charge in [-0.05, 0) is 36.4 Å². The van der Waals surface area contributed by atoms with Gasteiger partial charge in [-0.15, -0.1) is 0 Å². The standard InChI is InChI=1S/C17H18N4O3/c1-2-15(22)18-14-10-8-12(9-11-14)16(23)20-21-17(24)19-13-6-4-3-5-7-13/h3-11H,2H2,1H3,(H,18,22)(H,20,23)(H2,19,21,24). The molecule has 7 nitrogen and oxygen atoms in total.